The highest BCUT2D eigenvalue weighted by Gasteiger charge is 2.11. The van der Waals surface area contributed by atoms with Gasteiger partial charge in [-0.2, -0.15) is 0 Å². The van der Waals surface area contributed by atoms with Gasteiger partial charge in [-0.3, -0.25) is 4.79 Å². The molecule has 0 aliphatic rings. The molecule has 0 unspecified atom stereocenters. The van der Waals surface area contributed by atoms with Crippen molar-refractivity contribution in [2.24, 2.45) is 0 Å². The molecule has 0 bridgehead atoms. The van der Waals surface area contributed by atoms with E-state index in [2.05, 4.69) is 5.32 Å². The van der Waals surface area contributed by atoms with Crippen LogP contribution in [0.5, 0.6) is 5.75 Å². The highest BCUT2D eigenvalue weighted by atomic mass is 35.5. The first-order valence-electron chi connectivity index (χ1n) is 6.38. The van der Waals surface area contributed by atoms with Gasteiger partial charge in [-0.25, -0.2) is 0 Å². The average molecular weight is 302 g/mol. The van der Waals surface area contributed by atoms with Crippen LogP contribution >= 0.6 is 11.6 Å². The van der Waals surface area contributed by atoms with Crippen LogP contribution in [-0.2, 0) is 6.54 Å². The number of halogens is 1. The number of hydrogen-bond donors (Lipinski definition) is 2. The number of hydrogen-bond acceptors (Lipinski definition) is 4. The highest BCUT2D eigenvalue weighted by Crippen LogP contribution is 2.24. The lowest BCUT2D eigenvalue weighted by atomic mass is 10.2. The van der Waals surface area contributed by atoms with Gasteiger partial charge in [0.25, 0.3) is 0 Å². The van der Waals surface area contributed by atoms with Crippen molar-refractivity contribution in [1.29, 1.82) is 0 Å². The van der Waals surface area contributed by atoms with Gasteiger partial charge in [-0.15, -0.1) is 0 Å². The van der Waals surface area contributed by atoms with E-state index in [4.69, 9.17) is 16.0 Å². The summed E-state index contributed by atoms with van der Waals surface area (Å²) in [6.07, 6.45) is 0. The van der Waals surface area contributed by atoms with Crippen LogP contribution in [0.3, 0.4) is 0 Å². The van der Waals surface area contributed by atoms with Crippen molar-refractivity contribution in [2.75, 3.05) is 5.32 Å². The van der Waals surface area contributed by atoms with Crippen LogP contribution in [0.4, 0.5) is 5.88 Å². The molecule has 21 heavy (non-hydrogen) atoms. The molecule has 0 atom stereocenters. The number of anilines is 1. The van der Waals surface area contributed by atoms with Crippen LogP contribution in [0.15, 0.2) is 57.7 Å². The Labute approximate surface area is 125 Å². The molecule has 4 nitrogen and oxygen atoms in total. The fraction of sp³-hybridized carbons (Fsp3) is 0.0625. The second-order valence-electron chi connectivity index (χ2n) is 4.59. The van der Waals surface area contributed by atoms with Crippen molar-refractivity contribution in [3.8, 4) is 5.75 Å². The predicted molar refractivity (Wildman–Crippen MR) is 82.9 cm³/mol. The van der Waals surface area contributed by atoms with Crippen LogP contribution in [0, 0.1) is 0 Å². The van der Waals surface area contributed by atoms with Crippen molar-refractivity contribution >= 4 is 28.5 Å². The van der Waals surface area contributed by atoms with Gasteiger partial charge in [0.05, 0.1) is 5.39 Å². The largest absolute Gasteiger partial charge is 0.508 e. The quantitative estimate of drug-likeness (QED) is 0.773. The highest BCUT2D eigenvalue weighted by molar-refractivity contribution is 6.33. The van der Waals surface area contributed by atoms with E-state index in [0.717, 1.165) is 5.56 Å². The third-order valence-electron chi connectivity index (χ3n) is 3.13. The van der Waals surface area contributed by atoms with Gasteiger partial charge < -0.3 is 14.8 Å². The molecule has 0 aliphatic carbocycles. The molecule has 0 saturated heterocycles. The van der Waals surface area contributed by atoms with E-state index in [1.807, 2.05) is 0 Å². The molecule has 0 radical (unpaired) electrons. The zero-order valence-electron chi connectivity index (χ0n) is 11.0. The molecule has 0 aliphatic heterocycles. The van der Waals surface area contributed by atoms with Crippen molar-refractivity contribution in [2.45, 2.75) is 6.54 Å². The van der Waals surface area contributed by atoms with Crippen LogP contribution < -0.4 is 10.7 Å². The SMILES string of the molecule is O=c1c(Cl)c(NCc2ccc(O)cc2)oc2ccccc12. The molecule has 1 heterocycles. The summed E-state index contributed by atoms with van der Waals surface area (Å²) in [6, 6.07) is 13.7. The number of rotatable bonds is 3. The van der Waals surface area contributed by atoms with Crippen LogP contribution in [-0.4, -0.2) is 5.11 Å². The van der Waals surface area contributed by atoms with E-state index in [9.17, 15) is 9.90 Å². The summed E-state index contributed by atoms with van der Waals surface area (Å²) < 4.78 is 5.63. The van der Waals surface area contributed by atoms with Gasteiger partial charge in [0.15, 0.2) is 0 Å². The summed E-state index contributed by atoms with van der Waals surface area (Å²) in [5, 5.41) is 12.7. The summed E-state index contributed by atoms with van der Waals surface area (Å²) in [4.78, 5) is 12.1. The minimum Gasteiger partial charge on any atom is -0.508 e. The second kappa shape index (κ2) is 5.50. The maximum Gasteiger partial charge on any atom is 0.216 e. The molecule has 0 fully saturated rings. The zero-order chi connectivity index (χ0) is 14.8. The summed E-state index contributed by atoms with van der Waals surface area (Å²) in [6.45, 7) is 0.432. The molecule has 106 valence electrons. The average Bonchev–Trinajstić information content (AvgIpc) is 2.51. The Morgan fingerprint density at radius 3 is 2.57 bits per heavy atom. The Hall–Kier alpha value is -2.46. The minimum absolute atomic E-state index is 0.0347. The van der Waals surface area contributed by atoms with Crippen LogP contribution in [0.25, 0.3) is 11.0 Å². The molecular weight excluding hydrogens is 290 g/mol. The number of benzene rings is 2. The number of phenolic OH excluding ortho intramolecular Hbond substituents is 1. The lowest BCUT2D eigenvalue weighted by Crippen LogP contribution is -2.08. The predicted octanol–water partition coefficient (Wildman–Crippen LogP) is 3.76. The summed E-state index contributed by atoms with van der Waals surface area (Å²) >= 11 is 6.05. The van der Waals surface area contributed by atoms with Gasteiger partial charge >= 0.3 is 0 Å². The van der Waals surface area contributed by atoms with Gasteiger partial charge in [-0.05, 0) is 29.8 Å². The number of nitrogens with one attached hydrogen (secondary N) is 1. The Balaban J connectivity index is 1.92. The fourth-order valence-electron chi connectivity index (χ4n) is 2.03. The van der Waals surface area contributed by atoms with Crippen molar-refractivity contribution < 1.29 is 9.52 Å². The lowest BCUT2D eigenvalue weighted by Gasteiger charge is -2.08. The smallest absolute Gasteiger partial charge is 0.216 e. The van der Waals surface area contributed by atoms with E-state index in [1.165, 1.54) is 0 Å². The van der Waals surface area contributed by atoms with E-state index >= 15 is 0 Å². The first kappa shape index (κ1) is 13.5. The standard InChI is InChI=1S/C16H12ClNO3/c17-14-15(20)12-3-1-2-4-13(12)21-16(14)18-9-10-5-7-11(19)8-6-10/h1-8,18-19H,9H2. The first-order valence-corrected chi connectivity index (χ1v) is 6.76. The van der Waals surface area contributed by atoms with E-state index in [0.29, 0.717) is 17.5 Å². The number of para-hydroxylation sites is 1. The molecular formula is C16H12ClNO3. The summed E-state index contributed by atoms with van der Waals surface area (Å²) in [7, 11) is 0. The molecule has 1 aromatic heterocycles. The van der Waals surface area contributed by atoms with Crippen molar-refractivity contribution in [1.82, 2.24) is 0 Å². The van der Waals surface area contributed by atoms with Gasteiger partial charge in [0, 0.05) is 6.54 Å². The zero-order valence-corrected chi connectivity index (χ0v) is 11.7. The third kappa shape index (κ3) is 2.71. The Kier molecular flexibility index (Phi) is 3.54. The Bertz CT molecular complexity index is 840. The number of phenols is 1. The molecule has 2 N–H and O–H groups in total. The van der Waals surface area contributed by atoms with Gasteiger partial charge in [-0.1, -0.05) is 35.9 Å². The summed E-state index contributed by atoms with van der Waals surface area (Å²) in [5.41, 5.74) is 1.16. The molecule has 3 aromatic rings. The second-order valence-corrected chi connectivity index (χ2v) is 4.97. The fourth-order valence-corrected chi connectivity index (χ4v) is 2.24. The third-order valence-corrected chi connectivity index (χ3v) is 3.48. The number of aromatic hydroxyl groups is 1. The molecule has 5 heteroatoms. The van der Waals surface area contributed by atoms with E-state index < -0.39 is 0 Å². The molecule has 2 aromatic carbocycles. The monoisotopic (exact) mass is 301 g/mol. The Morgan fingerprint density at radius 2 is 1.81 bits per heavy atom. The first-order chi connectivity index (χ1) is 10.1. The van der Waals surface area contributed by atoms with Crippen molar-refractivity contribution in [3.63, 3.8) is 0 Å². The topological polar surface area (TPSA) is 62.5 Å². The van der Waals surface area contributed by atoms with Crippen LogP contribution in [0.2, 0.25) is 5.02 Å². The maximum atomic E-state index is 12.1. The lowest BCUT2D eigenvalue weighted by molar-refractivity contribution is 0.475. The Morgan fingerprint density at radius 1 is 1.10 bits per heavy atom. The van der Waals surface area contributed by atoms with Crippen molar-refractivity contribution in [3.05, 3.63) is 69.3 Å². The molecule has 3 rings (SSSR count). The molecule has 0 spiro atoms. The van der Waals surface area contributed by atoms with Gasteiger partial charge in [0.1, 0.15) is 16.4 Å². The van der Waals surface area contributed by atoms with E-state index in [1.54, 1.807) is 48.5 Å². The molecule has 0 amide bonds. The molecule has 0 saturated carbocycles. The van der Waals surface area contributed by atoms with Crippen LogP contribution in [0.1, 0.15) is 5.56 Å². The van der Waals surface area contributed by atoms with Gasteiger partial charge in [0.2, 0.25) is 11.3 Å². The van der Waals surface area contributed by atoms with E-state index in [-0.39, 0.29) is 22.1 Å². The normalized spacial score (nSPS) is 10.7. The summed E-state index contributed by atoms with van der Waals surface area (Å²) in [5.74, 6) is 0.447. The number of fused-ring (bicyclic) bond motifs is 1. The minimum atomic E-state index is -0.258. The maximum absolute atomic E-state index is 12.1.